The Balaban J connectivity index is 0.00000320. The van der Waals surface area contributed by atoms with Crippen molar-refractivity contribution in [2.24, 2.45) is 5.92 Å². The van der Waals surface area contributed by atoms with Gasteiger partial charge in [0.15, 0.2) is 12.1 Å². The molecule has 1 N–H and O–H groups in total. The summed E-state index contributed by atoms with van der Waals surface area (Å²) >= 11 is 0. The number of halogens is 1. The Kier molecular flexibility index (Phi) is 8.83. The van der Waals surface area contributed by atoms with Gasteiger partial charge in [-0.2, -0.15) is 0 Å². The first-order valence-corrected chi connectivity index (χ1v) is 13.1. The van der Waals surface area contributed by atoms with Crippen LogP contribution in [0.3, 0.4) is 0 Å². The van der Waals surface area contributed by atoms with E-state index in [4.69, 9.17) is 4.74 Å². The minimum absolute atomic E-state index is 0. The summed E-state index contributed by atoms with van der Waals surface area (Å²) in [5.74, 6) is 0.277. The number of hydrogen-bond acceptors (Lipinski definition) is 4. The number of nitrogens with zero attached hydrogens (tertiary/aromatic N) is 1. The van der Waals surface area contributed by atoms with Gasteiger partial charge < -0.3 is 31.5 Å². The number of quaternary nitrogens is 1. The maximum Gasteiger partial charge on any atom is 0.333 e. The number of para-hydroxylation sites is 1. The molecule has 3 aromatic carbocycles. The number of hydrogen-bond donors (Lipinski definition) is 1. The van der Waals surface area contributed by atoms with Gasteiger partial charge in [-0.25, -0.2) is 4.79 Å². The van der Waals surface area contributed by atoms with Crippen molar-refractivity contribution in [3.63, 3.8) is 0 Å². The van der Waals surface area contributed by atoms with Gasteiger partial charge in [0.25, 0.3) is 0 Å². The number of anilines is 1. The third kappa shape index (κ3) is 6.13. The molecule has 3 heterocycles. The van der Waals surface area contributed by atoms with E-state index in [0.717, 1.165) is 54.7 Å². The van der Waals surface area contributed by atoms with Crippen LogP contribution in [0.4, 0.5) is 5.69 Å². The summed E-state index contributed by atoms with van der Waals surface area (Å²) in [6, 6.07) is 26.8. The van der Waals surface area contributed by atoms with Gasteiger partial charge in [-0.05, 0) is 23.6 Å². The molecule has 0 aromatic heterocycles. The highest BCUT2D eigenvalue weighted by atomic mass is 79.9. The molecule has 0 radical (unpaired) electrons. The number of piperidine rings is 3. The van der Waals surface area contributed by atoms with Gasteiger partial charge in [-0.15, -0.1) is 0 Å². The maximum atomic E-state index is 13.7. The van der Waals surface area contributed by atoms with Gasteiger partial charge in [0.2, 0.25) is 5.78 Å². The van der Waals surface area contributed by atoms with Crippen LogP contribution in [-0.4, -0.2) is 48.5 Å². The van der Waals surface area contributed by atoms with Crippen molar-refractivity contribution in [3.05, 3.63) is 102 Å². The van der Waals surface area contributed by atoms with E-state index in [1.165, 1.54) is 0 Å². The molecule has 0 saturated carbocycles. The van der Waals surface area contributed by atoms with Crippen LogP contribution >= 0.6 is 0 Å². The molecule has 6 heteroatoms. The Morgan fingerprint density at radius 2 is 1.54 bits per heavy atom. The summed E-state index contributed by atoms with van der Waals surface area (Å²) in [5, 5.41) is 3.48. The summed E-state index contributed by atoms with van der Waals surface area (Å²) < 4.78 is 6.98. The maximum absolute atomic E-state index is 13.7. The lowest BCUT2D eigenvalue weighted by atomic mass is 9.82. The lowest BCUT2D eigenvalue weighted by molar-refractivity contribution is -0.938. The van der Waals surface area contributed by atoms with Crippen molar-refractivity contribution in [3.8, 4) is 0 Å². The molecule has 1 unspecified atom stereocenters. The second-order valence-corrected chi connectivity index (χ2v) is 10.2. The molecule has 2 atom stereocenters. The Morgan fingerprint density at radius 3 is 2.22 bits per heavy atom. The quantitative estimate of drug-likeness (QED) is 0.247. The zero-order valence-corrected chi connectivity index (χ0v) is 22.9. The lowest BCUT2D eigenvalue weighted by Gasteiger charge is -2.51. The zero-order chi connectivity index (χ0) is 25.0. The van der Waals surface area contributed by atoms with Crippen molar-refractivity contribution in [1.29, 1.82) is 0 Å². The van der Waals surface area contributed by atoms with Crippen LogP contribution in [-0.2, 0) is 16.0 Å². The highest BCUT2D eigenvalue weighted by Crippen LogP contribution is 2.37. The fraction of sp³-hybridized carbons (Fsp3) is 0.355. The average molecular weight is 564 g/mol. The third-order valence-corrected chi connectivity index (χ3v) is 7.95. The lowest BCUT2D eigenvalue weighted by Crippen LogP contribution is -3.00. The predicted molar refractivity (Wildman–Crippen MR) is 142 cm³/mol. The molecule has 3 fully saturated rings. The number of ether oxygens (including phenoxy) is 1. The standard InChI is InChI=1S/C31H35N2O3.BrH/c1-2-23-11-9-10-16-27(23)32-30(26-14-7-4-8-15-26)31(35)36-29-22-33(19-17-25(29)18-20-33)21-28(34)24-12-5-3-6-13-24;/h3-16,25,29-30,32H,2,17-22H2,1H3;1H/q+1;/p-1/t25?,29-,30?,33?;/m0./s1. The van der Waals surface area contributed by atoms with E-state index in [2.05, 4.69) is 18.3 Å². The second-order valence-electron chi connectivity index (χ2n) is 10.2. The Morgan fingerprint density at radius 1 is 0.919 bits per heavy atom. The monoisotopic (exact) mass is 562 g/mol. The normalized spacial score (nSPS) is 22.9. The van der Waals surface area contributed by atoms with E-state index in [1.54, 1.807) is 0 Å². The number of fused-ring (bicyclic) bond motifs is 3. The minimum atomic E-state index is -0.589. The smallest absolute Gasteiger partial charge is 0.333 e. The van der Waals surface area contributed by atoms with Gasteiger partial charge in [0.05, 0.1) is 13.1 Å². The van der Waals surface area contributed by atoms with E-state index in [0.29, 0.717) is 23.5 Å². The second kappa shape index (κ2) is 12.1. The van der Waals surface area contributed by atoms with Crippen LogP contribution in [0, 0.1) is 5.92 Å². The SMILES string of the molecule is CCc1ccccc1NC(C(=O)O[C@H]1C[N+]2(CC(=O)c3ccccc3)CCC1CC2)c1ccccc1.[Br-]. The largest absolute Gasteiger partial charge is 1.00 e. The number of carbonyl (C=O) groups is 2. The van der Waals surface area contributed by atoms with Gasteiger partial charge in [0.1, 0.15) is 13.1 Å². The number of rotatable bonds is 9. The van der Waals surface area contributed by atoms with E-state index in [-0.39, 0.29) is 34.8 Å². The minimum Gasteiger partial charge on any atom is -1.00 e. The van der Waals surface area contributed by atoms with Crippen LogP contribution in [0.15, 0.2) is 84.9 Å². The molecule has 6 rings (SSSR count). The first kappa shape index (κ1) is 27.1. The van der Waals surface area contributed by atoms with E-state index in [9.17, 15) is 9.59 Å². The molecule has 3 aliphatic rings. The molecule has 3 aromatic rings. The van der Waals surface area contributed by atoms with E-state index < -0.39 is 6.04 Å². The summed E-state index contributed by atoms with van der Waals surface area (Å²) in [6.07, 6.45) is 2.68. The third-order valence-electron chi connectivity index (χ3n) is 7.95. The summed E-state index contributed by atoms with van der Waals surface area (Å²) in [4.78, 5) is 26.7. The molecule has 3 saturated heterocycles. The number of aryl methyl sites for hydroxylation is 1. The van der Waals surface area contributed by atoms with Crippen molar-refractivity contribution >= 4 is 17.4 Å². The summed E-state index contributed by atoms with van der Waals surface area (Å²) in [5.41, 5.74) is 3.77. The zero-order valence-electron chi connectivity index (χ0n) is 21.3. The number of ketones is 1. The summed E-state index contributed by atoms with van der Waals surface area (Å²) in [7, 11) is 0. The molecule has 0 amide bonds. The van der Waals surface area contributed by atoms with Gasteiger partial charge in [-0.1, -0.05) is 85.8 Å². The Bertz CT molecular complexity index is 1190. The molecule has 37 heavy (non-hydrogen) atoms. The van der Waals surface area contributed by atoms with Crippen molar-refractivity contribution < 1.29 is 35.8 Å². The van der Waals surface area contributed by atoms with E-state index >= 15 is 0 Å². The van der Waals surface area contributed by atoms with Crippen LogP contribution in [0.5, 0.6) is 0 Å². The van der Waals surface area contributed by atoms with Gasteiger partial charge >= 0.3 is 5.97 Å². The topological polar surface area (TPSA) is 55.4 Å². The fourth-order valence-corrected chi connectivity index (χ4v) is 5.86. The molecular formula is C31H35BrN2O3. The molecule has 5 nitrogen and oxygen atoms in total. The van der Waals surface area contributed by atoms with Crippen molar-refractivity contribution in [2.75, 3.05) is 31.5 Å². The number of esters is 1. The first-order valence-electron chi connectivity index (χ1n) is 13.1. The van der Waals surface area contributed by atoms with Crippen molar-refractivity contribution in [1.82, 2.24) is 0 Å². The number of Topliss-reactive ketones (excluding diaryl/α,β-unsaturated/α-hetero) is 1. The van der Waals surface area contributed by atoms with Crippen LogP contribution < -0.4 is 22.3 Å². The molecule has 194 valence electrons. The predicted octanol–water partition coefficient (Wildman–Crippen LogP) is 2.44. The van der Waals surface area contributed by atoms with Crippen LogP contribution in [0.1, 0.15) is 47.3 Å². The van der Waals surface area contributed by atoms with Gasteiger partial charge in [0, 0.05) is 30.0 Å². The number of carbonyl (C=O) groups excluding carboxylic acids is 2. The van der Waals surface area contributed by atoms with Gasteiger partial charge in [-0.3, -0.25) is 4.79 Å². The Hall–Kier alpha value is -2.96. The number of benzene rings is 3. The molecule has 0 aliphatic carbocycles. The van der Waals surface area contributed by atoms with Crippen molar-refractivity contribution in [2.45, 2.75) is 38.3 Å². The first-order chi connectivity index (χ1) is 17.6. The summed E-state index contributed by atoms with van der Waals surface area (Å²) in [6.45, 7) is 5.24. The number of nitrogens with one attached hydrogen (secondary N) is 1. The van der Waals surface area contributed by atoms with Crippen LogP contribution in [0.2, 0.25) is 0 Å². The van der Waals surface area contributed by atoms with E-state index in [1.807, 2.05) is 78.9 Å². The molecule has 3 aliphatic heterocycles. The highest BCUT2D eigenvalue weighted by molar-refractivity contribution is 5.97. The van der Waals surface area contributed by atoms with Crippen LogP contribution in [0.25, 0.3) is 0 Å². The molecular weight excluding hydrogens is 528 g/mol. The average Bonchev–Trinajstić information content (AvgIpc) is 2.93. The fourth-order valence-electron chi connectivity index (χ4n) is 5.86. The Labute approximate surface area is 230 Å². The molecule has 0 spiro atoms. The molecule has 2 bridgehead atoms. The highest BCUT2D eigenvalue weighted by Gasteiger charge is 2.49.